The van der Waals surface area contributed by atoms with Gasteiger partial charge in [-0.15, -0.1) is 0 Å². The van der Waals surface area contributed by atoms with Crippen LogP contribution in [0.3, 0.4) is 0 Å². The first kappa shape index (κ1) is 12.3. The zero-order valence-corrected chi connectivity index (χ0v) is 10.3. The molecule has 0 fully saturated rings. The van der Waals surface area contributed by atoms with Crippen molar-refractivity contribution >= 4 is 23.2 Å². The quantitative estimate of drug-likeness (QED) is 0.568. The molecule has 0 aliphatic heterocycles. The number of anilines is 1. The summed E-state index contributed by atoms with van der Waals surface area (Å²) in [4.78, 5) is 7.26. The number of fused-ring (bicyclic) bond motifs is 1. The third-order valence-electron chi connectivity index (χ3n) is 2.73. The van der Waals surface area contributed by atoms with Crippen LogP contribution in [0.1, 0.15) is 5.56 Å². The van der Waals surface area contributed by atoms with Crippen LogP contribution in [-0.4, -0.2) is 16.2 Å². The predicted octanol–water partition coefficient (Wildman–Crippen LogP) is 3.29. The number of H-pyrrole nitrogens is 1. The molecular formula is C14H10F2N4. The molecule has 0 aliphatic rings. The number of aromatic amines is 1. The van der Waals surface area contributed by atoms with Gasteiger partial charge in [0.25, 0.3) is 0 Å². The molecule has 1 heterocycles. The molecule has 0 bridgehead atoms. The number of hydrogen-bond donors (Lipinski definition) is 2. The van der Waals surface area contributed by atoms with Crippen molar-refractivity contribution < 1.29 is 8.78 Å². The highest BCUT2D eigenvalue weighted by Crippen LogP contribution is 2.13. The molecule has 0 amide bonds. The average Bonchev–Trinajstić information content (AvgIpc) is 2.84. The van der Waals surface area contributed by atoms with E-state index in [1.807, 2.05) is 24.3 Å². The Labute approximate surface area is 113 Å². The molecule has 100 valence electrons. The number of hydrogen-bond acceptors (Lipinski definition) is 3. The van der Waals surface area contributed by atoms with E-state index in [4.69, 9.17) is 0 Å². The molecule has 1 aromatic heterocycles. The Kier molecular flexibility index (Phi) is 3.12. The SMILES string of the molecule is Fc1ccc(C=NNc2nc3ccccc3[nH]2)c(F)c1. The predicted molar refractivity (Wildman–Crippen MR) is 73.7 cm³/mol. The van der Waals surface area contributed by atoms with Gasteiger partial charge in [-0.25, -0.2) is 19.2 Å². The fourth-order valence-electron chi connectivity index (χ4n) is 1.77. The third-order valence-corrected chi connectivity index (χ3v) is 2.73. The summed E-state index contributed by atoms with van der Waals surface area (Å²) in [6.45, 7) is 0. The van der Waals surface area contributed by atoms with Crippen molar-refractivity contribution in [3.8, 4) is 0 Å². The minimum atomic E-state index is -0.667. The van der Waals surface area contributed by atoms with E-state index in [1.54, 1.807) is 0 Å². The van der Waals surface area contributed by atoms with E-state index >= 15 is 0 Å². The maximum absolute atomic E-state index is 13.4. The first-order valence-corrected chi connectivity index (χ1v) is 5.91. The molecule has 0 aliphatic carbocycles. The van der Waals surface area contributed by atoms with Gasteiger partial charge in [-0.05, 0) is 24.3 Å². The Hall–Kier alpha value is -2.76. The molecule has 6 heteroatoms. The summed E-state index contributed by atoms with van der Waals surface area (Å²) in [6.07, 6.45) is 1.27. The summed E-state index contributed by atoms with van der Waals surface area (Å²) >= 11 is 0. The van der Waals surface area contributed by atoms with Crippen molar-refractivity contribution in [2.24, 2.45) is 5.10 Å². The molecule has 3 rings (SSSR count). The van der Waals surface area contributed by atoms with Gasteiger partial charge in [0, 0.05) is 11.6 Å². The molecule has 0 saturated carbocycles. The van der Waals surface area contributed by atoms with Crippen LogP contribution in [0.15, 0.2) is 47.6 Å². The van der Waals surface area contributed by atoms with Gasteiger partial charge in [-0.1, -0.05) is 12.1 Å². The van der Waals surface area contributed by atoms with Crippen LogP contribution in [0.4, 0.5) is 14.7 Å². The number of nitrogens with one attached hydrogen (secondary N) is 2. The van der Waals surface area contributed by atoms with Crippen molar-refractivity contribution in [3.63, 3.8) is 0 Å². The van der Waals surface area contributed by atoms with Crippen LogP contribution in [0, 0.1) is 11.6 Å². The molecule has 0 unspecified atom stereocenters. The van der Waals surface area contributed by atoms with Crippen molar-refractivity contribution in [3.05, 3.63) is 59.7 Å². The Morgan fingerprint density at radius 2 is 2.00 bits per heavy atom. The summed E-state index contributed by atoms with van der Waals surface area (Å²) in [7, 11) is 0. The molecule has 0 saturated heterocycles. The number of nitrogens with zero attached hydrogens (tertiary/aromatic N) is 2. The molecule has 3 aromatic rings. The lowest BCUT2D eigenvalue weighted by Crippen LogP contribution is -1.95. The van der Waals surface area contributed by atoms with E-state index in [0.717, 1.165) is 17.1 Å². The zero-order valence-electron chi connectivity index (χ0n) is 10.3. The van der Waals surface area contributed by atoms with Crippen molar-refractivity contribution in [2.75, 3.05) is 5.43 Å². The van der Waals surface area contributed by atoms with Crippen LogP contribution in [-0.2, 0) is 0 Å². The number of halogens is 2. The van der Waals surface area contributed by atoms with Crippen molar-refractivity contribution in [2.45, 2.75) is 0 Å². The molecule has 0 atom stereocenters. The van der Waals surface area contributed by atoms with Crippen LogP contribution in [0.2, 0.25) is 0 Å². The third kappa shape index (κ3) is 2.49. The van der Waals surface area contributed by atoms with E-state index in [1.165, 1.54) is 18.3 Å². The summed E-state index contributed by atoms with van der Waals surface area (Å²) in [5.41, 5.74) is 4.53. The van der Waals surface area contributed by atoms with Crippen LogP contribution >= 0.6 is 0 Å². The smallest absolute Gasteiger partial charge is 0.222 e. The molecule has 20 heavy (non-hydrogen) atoms. The van der Waals surface area contributed by atoms with E-state index in [-0.39, 0.29) is 5.56 Å². The first-order valence-electron chi connectivity index (χ1n) is 5.91. The van der Waals surface area contributed by atoms with Gasteiger partial charge in [0.1, 0.15) is 11.6 Å². The van der Waals surface area contributed by atoms with Gasteiger partial charge in [-0.3, -0.25) is 0 Å². The van der Waals surface area contributed by atoms with Crippen LogP contribution in [0.5, 0.6) is 0 Å². The lowest BCUT2D eigenvalue weighted by molar-refractivity contribution is 0.582. The van der Waals surface area contributed by atoms with Gasteiger partial charge in [0.05, 0.1) is 17.2 Å². The molecular weight excluding hydrogens is 262 g/mol. The molecule has 2 N–H and O–H groups in total. The van der Waals surface area contributed by atoms with Gasteiger partial charge >= 0.3 is 0 Å². The number of aromatic nitrogens is 2. The highest BCUT2D eigenvalue weighted by Gasteiger charge is 2.02. The highest BCUT2D eigenvalue weighted by molar-refractivity contribution is 5.81. The Morgan fingerprint density at radius 3 is 2.80 bits per heavy atom. The van der Waals surface area contributed by atoms with Gasteiger partial charge in [-0.2, -0.15) is 5.10 Å². The molecule has 2 aromatic carbocycles. The monoisotopic (exact) mass is 272 g/mol. The summed E-state index contributed by atoms with van der Waals surface area (Å²) in [5.74, 6) is -0.838. The average molecular weight is 272 g/mol. The highest BCUT2D eigenvalue weighted by atomic mass is 19.1. The second-order valence-electron chi connectivity index (χ2n) is 4.14. The summed E-state index contributed by atoms with van der Waals surface area (Å²) in [5, 5.41) is 3.87. The zero-order chi connectivity index (χ0) is 13.9. The van der Waals surface area contributed by atoms with Crippen molar-refractivity contribution in [1.82, 2.24) is 9.97 Å². The fourth-order valence-corrected chi connectivity index (χ4v) is 1.77. The number of benzene rings is 2. The minimum absolute atomic E-state index is 0.190. The fraction of sp³-hybridized carbons (Fsp3) is 0. The van der Waals surface area contributed by atoms with E-state index in [9.17, 15) is 8.78 Å². The van der Waals surface area contributed by atoms with Crippen LogP contribution < -0.4 is 5.43 Å². The van der Waals surface area contributed by atoms with E-state index in [0.29, 0.717) is 5.95 Å². The molecule has 0 radical (unpaired) electrons. The second kappa shape index (κ2) is 5.08. The maximum atomic E-state index is 13.4. The normalized spacial score (nSPS) is 11.3. The minimum Gasteiger partial charge on any atom is -0.323 e. The Balaban J connectivity index is 1.76. The Morgan fingerprint density at radius 1 is 1.15 bits per heavy atom. The summed E-state index contributed by atoms with van der Waals surface area (Å²) in [6, 6.07) is 10.8. The lowest BCUT2D eigenvalue weighted by atomic mass is 10.2. The first-order chi connectivity index (χ1) is 9.72. The van der Waals surface area contributed by atoms with E-state index < -0.39 is 11.6 Å². The largest absolute Gasteiger partial charge is 0.323 e. The topological polar surface area (TPSA) is 53.1 Å². The maximum Gasteiger partial charge on any atom is 0.222 e. The van der Waals surface area contributed by atoms with Crippen molar-refractivity contribution in [1.29, 1.82) is 0 Å². The number of hydrazone groups is 1. The standard InChI is InChI=1S/C14H10F2N4/c15-10-6-5-9(11(16)7-10)8-17-20-14-18-12-3-1-2-4-13(12)19-14/h1-8H,(H2,18,19,20). The van der Waals surface area contributed by atoms with Gasteiger partial charge in [0.15, 0.2) is 0 Å². The van der Waals surface area contributed by atoms with Gasteiger partial charge < -0.3 is 4.98 Å². The molecule has 4 nitrogen and oxygen atoms in total. The summed E-state index contributed by atoms with van der Waals surface area (Å²) < 4.78 is 26.1. The number of para-hydroxylation sites is 2. The number of imidazole rings is 1. The van der Waals surface area contributed by atoms with Gasteiger partial charge in [0.2, 0.25) is 5.95 Å². The lowest BCUT2D eigenvalue weighted by Gasteiger charge is -1.96. The van der Waals surface area contributed by atoms with E-state index in [2.05, 4.69) is 20.5 Å². The number of rotatable bonds is 3. The molecule has 0 spiro atoms. The Bertz CT molecular complexity index is 747. The van der Waals surface area contributed by atoms with Crippen LogP contribution in [0.25, 0.3) is 11.0 Å². The second-order valence-corrected chi connectivity index (χ2v) is 4.14.